The van der Waals surface area contributed by atoms with Crippen molar-refractivity contribution in [2.45, 2.75) is 25.7 Å². The fourth-order valence-electron chi connectivity index (χ4n) is 2.77. The van der Waals surface area contributed by atoms with Gasteiger partial charge in [-0.2, -0.15) is 0 Å². The first-order valence-electron chi connectivity index (χ1n) is 8.56. The van der Waals surface area contributed by atoms with Gasteiger partial charge in [-0.15, -0.1) is 11.3 Å². The maximum Gasteiger partial charge on any atom is 0.410 e. The number of hydrogen-bond donors (Lipinski definition) is 1. The molecule has 1 aromatic carbocycles. The van der Waals surface area contributed by atoms with Crippen molar-refractivity contribution in [2.24, 2.45) is 0 Å². The predicted octanol–water partition coefficient (Wildman–Crippen LogP) is 3.44. The average molecular weight is 360 g/mol. The summed E-state index contributed by atoms with van der Waals surface area (Å²) in [4.78, 5) is 15.3. The van der Waals surface area contributed by atoms with E-state index in [-0.39, 0.29) is 18.2 Å². The highest BCUT2D eigenvalue weighted by atomic mass is 32.1. The quantitative estimate of drug-likeness (QED) is 0.857. The van der Waals surface area contributed by atoms with Gasteiger partial charge in [-0.3, -0.25) is 0 Å². The lowest BCUT2D eigenvalue weighted by molar-refractivity contribution is -0.0278. The molecule has 6 heteroatoms. The number of carbonyl (C=O) groups excluding carboxylic acids is 1. The molecule has 2 atom stereocenters. The van der Waals surface area contributed by atoms with E-state index in [1.165, 1.54) is 4.88 Å². The molecule has 1 N–H and O–H groups in total. The minimum absolute atomic E-state index is 0.0135. The molecular weight excluding hydrogens is 336 g/mol. The molecule has 0 bridgehead atoms. The summed E-state index contributed by atoms with van der Waals surface area (Å²) in [5.41, 5.74) is 0.993. The molecule has 1 aliphatic rings. The number of benzene rings is 1. The number of amides is 1. The summed E-state index contributed by atoms with van der Waals surface area (Å²) in [6.07, 6.45) is -0.288. The Kier molecular flexibility index (Phi) is 6.44. The van der Waals surface area contributed by atoms with Gasteiger partial charge in [-0.25, -0.2) is 4.79 Å². The summed E-state index contributed by atoms with van der Waals surface area (Å²) >= 11 is 1.74. The maximum atomic E-state index is 12.3. The minimum Gasteiger partial charge on any atom is -0.445 e. The van der Waals surface area contributed by atoms with Crippen LogP contribution in [0.2, 0.25) is 0 Å². The number of morpholine rings is 1. The Hall–Kier alpha value is -1.89. The van der Waals surface area contributed by atoms with Crippen molar-refractivity contribution in [3.63, 3.8) is 0 Å². The molecule has 1 aromatic heterocycles. The summed E-state index contributed by atoms with van der Waals surface area (Å²) in [6, 6.07) is 14.2. The van der Waals surface area contributed by atoms with Crippen LogP contribution in [-0.2, 0) is 16.1 Å². The number of rotatable bonds is 6. The van der Waals surface area contributed by atoms with E-state index in [0.29, 0.717) is 32.8 Å². The topological polar surface area (TPSA) is 50.8 Å². The first kappa shape index (κ1) is 17.9. The standard InChI is InChI=1S/C19H24N2O3S/c1-15(18-8-5-11-25-18)20-12-17-13-21(9-10-23-17)19(22)24-14-16-6-3-2-4-7-16/h2-8,11,15,17,20H,9-10,12-14H2,1H3. The van der Waals surface area contributed by atoms with Gasteiger partial charge in [0.1, 0.15) is 6.61 Å². The molecule has 0 aliphatic carbocycles. The second-order valence-corrected chi connectivity index (χ2v) is 7.10. The summed E-state index contributed by atoms with van der Waals surface area (Å²) in [5.74, 6) is 0. The third kappa shape index (κ3) is 5.29. The summed E-state index contributed by atoms with van der Waals surface area (Å²) < 4.78 is 11.2. The third-order valence-corrected chi connectivity index (χ3v) is 5.28. The molecule has 3 rings (SSSR count). The van der Waals surface area contributed by atoms with Gasteiger partial charge in [-0.05, 0) is 23.9 Å². The van der Waals surface area contributed by atoms with Gasteiger partial charge in [0.15, 0.2) is 0 Å². The second kappa shape index (κ2) is 8.99. The van der Waals surface area contributed by atoms with Gasteiger partial charge in [0.25, 0.3) is 0 Å². The van der Waals surface area contributed by atoms with E-state index in [2.05, 4.69) is 29.8 Å². The van der Waals surface area contributed by atoms with Gasteiger partial charge < -0.3 is 19.7 Å². The molecule has 0 radical (unpaired) electrons. The highest BCUT2D eigenvalue weighted by Crippen LogP contribution is 2.18. The van der Waals surface area contributed by atoms with Crippen molar-refractivity contribution in [2.75, 3.05) is 26.2 Å². The zero-order chi connectivity index (χ0) is 17.5. The Morgan fingerprint density at radius 3 is 2.96 bits per heavy atom. The van der Waals surface area contributed by atoms with Crippen LogP contribution < -0.4 is 5.32 Å². The summed E-state index contributed by atoms with van der Waals surface area (Å²) in [5, 5.41) is 5.56. The minimum atomic E-state index is -0.275. The molecule has 134 valence electrons. The molecule has 0 spiro atoms. The van der Waals surface area contributed by atoms with Crippen LogP contribution in [0.5, 0.6) is 0 Å². The van der Waals surface area contributed by atoms with Crippen LogP contribution in [0, 0.1) is 0 Å². The summed E-state index contributed by atoms with van der Waals surface area (Å²) in [6.45, 7) is 4.82. The zero-order valence-electron chi connectivity index (χ0n) is 14.4. The van der Waals surface area contributed by atoms with Crippen molar-refractivity contribution >= 4 is 17.4 Å². The molecule has 2 unspecified atom stereocenters. The van der Waals surface area contributed by atoms with Gasteiger partial charge >= 0.3 is 6.09 Å². The SMILES string of the molecule is CC(NCC1CN(C(=O)OCc2ccccc2)CCO1)c1cccs1. The Labute approximate surface area is 152 Å². The number of carbonyl (C=O) groups is 1. The van der Waals surface area contributed by atoms with Crippen LogP contribution >= 0.6 is 11.3 Å². The van der Waals surface area contributed by atoms with Crippen molar-refractivity contribution < 1.29 is 14.3 Å². The van der Waals surface area contributed by atoms with E-state index in [9.17, 15) is 4.79 Å². The Balaban J connectivity index is 1.43. The highest BCUT2D eigenvalue weighted by Gasteiger charge is 2.25. The molecule has 1 saturated heterocycles. The average Bonchev–Trinajstić information content (AvgIpc) is 3.20. The second-order valence-electron chi connectivity index (χ2n) is 6.12. The molecule has 25 heavy (non-hydrogen) atoms. The predicted molar refractivity (Wildman–Crippen MR) is 98.7 cm³/mol. The lowest BCUT2D eigenvalue weighted by atomic mass is 10.2. The van der Waals surface area contributed by atoms with Crippen LogP contribution in [0.25, 0.3) is 0 Å². The zero-order valence-corrected chi connectivity index (χ0v) is 15.2. The Bertz CT molecular complexity index is 648. The maximum absolute atomic E-state index is 12.3. The van der Waals surface area contributed by atoms with Crippen LogP contribution in [0.1, 0.15) is 23.4 Å². The van der Waals surface area contributed by atoms with Crippen molar-refractivity contribution in [3.05, 3.63) is 58.3 Å². The molecule has 1 amide bonds. The number of ether oxygens (including phenoxy) is 2. The highest BCUT2D eigenvalue weighted by molar-refractivity contribution is 7.10. The van der Waals surface area contributed by atoms with E-state index in [1.807, 2.05) is 30.3 Å². The van der Waals surface area contributed by atoms with E-state index in [1.54, 1.807) is 16.2 Å². The molecule has 0 saturated carbocycles. The first-order chi connectivity index (χ1) is 12.2. The van der Waals surface area contributed by atoms with Gasteiger partial charge in [-0.1, -0.05) is 36.4 Å². The van der Waals surface area contributed by atoms with E-state index in [0.717, 1.165) is 5.56 Å². The van der Waals surface area contributed by atoms with Crippen LogP contribution in [-0.4, -0.2) is 43.3 Å². The smallest absolute Gasteiger partial charge is 0.410 e. The lowest BCUT2D eigenvalue weighted by Gasteiger charge is -2.33. The van der Waals surface area contributed by atoms with Crippen molar-refractivity contribution in [1.82, 2.24) is 10.2 Å². The lowest BCUT2D eigenvalue weighted by Crippen LogP contribution is -2.49. The fraction of sp³-hybridized carbons (Fsp3) is 0.421. The van der Waals surface area contributed by atoms with Crippen LogP contribution in [0.3, 0.4) is 0 Å². The van der Waals surface area contributed by atoms with E-state index >= 15 is 0 Å². The molecule has 1 fully saturated rings. The summed E-state index contributed by atoms with van der Waals surface area (Å²) in [7, 11) is 0. The number of thiophene rings is 1. The molecule has 1 aliphatic heterocycles. The fourth-order valence-corrected chi connectivity index (χ4v) is 3.52. The van der Waals surface area contributed by atoms with Gasteiger partial charge in [0.2, 0.25) is 0 Å². The molecule has 5 nitrogen and oxygen atoms in total. The van der Waals surface area contributed by atoms with E-state index in [4.69, 9.17) is 9.47 Å². The molecule has 2 heterocycles. The largest absolute Gasteiger partial charge is 0.445 e. The van der Waals surface area contributed by atoms with Gasteiger partial charge in [0.05, 0.1) is 19.3 Å². The van der Waals surface area contributed by atoms with E-state index < -0.39 is 0 Å². The third-order valence-electron chi connectivity index (χ3n) is 4.22. The van der Waals surface area contributed by atoms with Gasteiger partial charge in [0, 0.05) is 24.0 Å². The number of nitrogens with zero attached hydrogens (tertiary/aromatic N) is 1. The van der Waals surface area contributed by atoms with Crippen molar-refractivity contribution in [3.8, 4) is 0 Å². The number of hydrogen-bond acceptors (Lipinski definition) is 5. The Morgan fingerprint density at radius 1 is 1.36 bits per heavy atom. The molecular formula is C19H24N2O3S. The first-order valence-corrected chi connectivity index (χ1v) is 9.44. The number of nitrogens with one attached hydrogen (secondary N) is 1. The van der Waals surface area contributed by atoms with Crippen LogP contribution in [0.15, 0.2) is 47.8 Å². The Morgan fingerprint density at radius 2 is 2.20 bits per heavy atom. The normalized spacial score (nSPS) is 18.8. The monoisotopic (exact) mass is 360 g/mol. The van der Waals surface area contributed by atoms with Crippen molar-refractivity contribution in [1.29, 1.82) is 0 Å². The molecule has 2 aromatic rings. The van der Waals surface area contributed by atoms with Crippen LogP contribution in [0.4, 0.5) is 4.79 Å².